The lowest BCUT2D eigenvalue weighted by Crippen LogP contribution is -2.44. The van der Waals surface area contributed by atoms with E-state index in [1.807, 2.05) is 6.20 Å². The monoisotopic (exact) mass is 286 g/mol. The van der Waals surface area contributed by atoms with Gasteiger partial charge in [0.1, 0.15) is 5.82 Å². The number of anilines is 2. The maximum atomic E-state index is 4.65. The van der Waals surface area contributed by atoms with Crippen molar-refractivity contribution in [3.05, 3.63) is 18.3 Å². The van der Waals surface area contributed by atoms with Gasteiger partial charge in [-0.1, -0.05) is 0 Å². The van der Waals surface area contributed by atoms with Crippen molar-refractivity contribution in [2.24, 2.45) is 0 Å². The van der Waals surface area contributed by atoms with Crippen molar-refractivity contribution >= 4 is 11.5 Å². The van der Waals surface area contributed by atoms with Crippen molar-refractivity contribution in [3.63, 3.8) is 0 Å². The fourth-order valence-corrected chi connectivity index (χ4v) is 4.37. The predicted molar refractivity (Wildman–Crippen MR) is 86.9 cm³/mol. The van der Waals surface area contributed by atoms with Gasteiger partial charge in [-0.05, 0) is 57.7 Å². The van der Waals surface area contributed by atoms with Gasteiger partial charge in [-0.3, -0.25) is 0 Å². The molecule has 0 amide bonds. The number of hydrogen-bond donors (Lipinski definition) is 1. The summed E-state index contributed by atoms with van der Waals surface area (Å²) in [4.78, 5) is 9.63. The van der Waals surface area contributed by atoms with Crippen LogP contribution in [0, 0.1) is 0 Å². The minimum atomic E-state index is 0.623. The average molecular weight is 286 g/mol. The van der Waals surface area contributed by atoms with Crippen LogP contribution in [0.2, 0.25) is 0 Å². The molecule has 3 aliphatic heterocycles. The number of hydrogen-bond acceptors (Lipinski definition) is 4. The van der Waals surface area contributed by atoms with Gasteiger partial charge in [0.15, 0.2) is 0 Å². The van der Waals surface area contributed by atoms with Crippen LogP contribution < -0.4 is 10.2 Å². The van der Waals surface area contributed by atoms with Gasteiger partial charge in [-0.25, -0.2) is 4.98 Å². The Morgan fingerprint density at radius 1 is 1.10 bits per heavy atom. The van der Waals surface area contributed by atoms with Crippen LogP contribution in [0.3, 0.4) is 0 Å². The van der Waals surface area contributed by atoms with E-state index in [9.17, 15) is 0 Å². The summed E-state index contributed by atoms with van der Waals surface area (Å²) in [5.41, 5.74) is 1.19. The normalized spacial score (nSPS) is 32.6. The van der Waals surface area contributed by atoms with Gasteiger partial charge in [0, 0.05) is 31.2 Å². The van der Waals surface area contributed by atoms with E-state index in [0.29, 0.717) is 6.04 Å². The van der Waals surface area contributed by atoms with Gasteiger partial charge < -0.3 is 15.1 Å². The van der Waals surface area contributed by atoms with E-state index < -0.39 is 0 Å². The third-order valence-corrected chi connectivity index (χ3v) is 5.65. The molecule has 1 aromatic rings. The molecule has 4 nitrogen and oxygen atoms in total. The molecule has 0 radical (unpaired) electrons. The van der Waals surface area contributed by atoms with Crippen LogP contribution in [0.1, 0.15) is 38.5 Å². The molecule has 2 bridgehead atoms. The van der Waals surface area contributed by atoms with Gasteiger partial charge in [-0.15, -0.1) is 0 Å². The SMILES string of the molecule is CN1C2CCC1CC(Nc1ccc(N3CCCC3)nc1)C2. The third-order valence-electron chi connectivity index (χ3n) is 5.65. The second-order valence-electron chi connectivity index (χ2n) is 6.96. The van der Waals surface area contributed by atoms with E-state index >= 15 is 0 Å². The van der Waals surface area contributed by atoms with Crippen LogP contribution >= 0.6 is 0 Å². The number of rotatable bonds is 3. The lowest BCUT2D eigenvalue weighted by atomic mass is 9.98. The minimum absolute atomic E-state index is 0.623. The Labute approximate surface area is 127 Å². The molecule has 1 aromatic heterocycles. The highest BCUT2D eigenvalue weighted by Gasteiger charge is 2.38. The van der Waals surface area contributed by atoms with Crippen LogP contribution in [-0.2, 0) is 0 Å². The summed E-state index contributed by atoms with van der Waals surface area (Å²) in [6, 6.07) is 6.59. The molecule has 4 heteroatoms. The summed E-state index contributed by atoms with van der Waals surface area (Å²) in [6.07, 6.45) is 9.95. The summed E-state index contributed by atoms with van der Waals surface area (Å²) in [7, 11) is 2.30. The molecule has 4 rings (SSSR count). The fourth-order valence-electron chi connectivity index (χ4n) is 4.37. The highest BCUT2D eigenvalue weighted by molar-refractivity contribution is 5.49. The van der Waals surface area contributed by atoms with Crippen molar-refractivity contribution in [1.82, 2.24) is 9.88 Å². The topological polar surface area (TPSA) is 31.4 Å². The highest BCUT2D eigenvalue weighted by atomic mass is 15.2. The summed E-state index contributed by atoms with van der Waals surface area (Å²) in [6.45, 7) is 2.33. The van der Waals surface area contributed by atoms with Crippen LogP contribution in [0.4, 0.5) is 11.5 Å². The Kier molecular flexibility index (Phi) is 3.49. The van der Waals surface area contributed by atoms with Crippen molar-refractivity contribution in [2.75, 3.05) is 30.4 Å². The lowest BCUT2D eigenvalue weighted by Gasteiger charge is -2.37. The van der Waals surface area contributed by atoms with E-state index in [1.54, 1.807) is 0 Å². The van der Waals surface area contributed by atoms with Crippen LogP contribution in [0.5, 0.6) is 0 Å². The molecule has 21 heavy (non-hydrogen) atoms. The summed E-state index contributed by atoms with van der Waals surface area (Å²) in [5.74, 6) is 1.14. The molecule has 3 aliphatic rings. The van der Waals surface area contributed by atoms with Gasteiger partial charge in [0.2, 0.25) is 0 Å². The van der Waals surface area contributed by atoms with Crippen LogP contribution in [0.25, 0.3) is 0 Å². The zero-order valence-electron chi connectivity index (χ0n) is 13.0. The fraction of sp³-hybridized carbons (Fsp3) is 0.706. The van der Waals surface area contributed by atoms with Crippen molar-refractivity contribution in [1.29, 1.82) is 0 Å². The maximum Gasteiger partial charge on any atom is 0.128 e. The number of nitrogens with one attached hydrogen (secondary N) is 1. The highest BCUT2D eigenvalue weighted by Crippen LogP contribution is 2.35. The molecule has 2 unspecified atom stereocenters. The Bertz CT molecular complexity index is 466. The molecule has 3 saturated heterocycles. The third kappa shape index (κ3) is 2.61. The van der Waals surface area contributed by atoms with Gasteiger partial charge in [-0.2, -0.15) is 0 Å². The molecule has 1 N–H and O–H groups in total. The predicted octanol–water partition coefficient (Wildman–Crippen LogP) is 2.72. The summed E-state index contributed by atoms with van der Waals surface area (Å²) >= 11 is 0. The maximum absolute atomic E-state index is 4.65. The number of nitrogens with zero attached hydrogens (tertiary/aromatic N) is 3. The standard InChI is InChI=1S/C17H26N4/c1-20-15-5-6-16(20)11-14(10-15)19-13-4-7-17(18-12-13)21-8-2-3-9-21/h4,7,12,14-16,19H,2-3,5-6,8-11H2,1H3. The van der Waals surface area contributed by atoms with E-state index in [4.69, 9.17) is 0 Å². The van der Waals surface area contributed by atoms with E-state index in [2.05, 4.69) is 39.3 Å². The first-order valence-corrected chi connectivity index (χ1v) is 8.49. The lowest BCUT2D eigenvalue weighted by molar-refractivity contribution is 0.169. The van der Waals surface area contributed by atoms with E-state index in [-0.39, 0.29) is 0 Å². The Balaban J connectivity index is 1.39. The second-order valence-corrected chi connectivity index (χ2v) is 6.96. The molecule has 4 heterocycles. The first-order valence-electron chi connectivity index (χ1n) is 8.49. The largest absolute Gasteiger partial charge is 0.381 e. The number of fused-ring (bicyclic) bond motifs is 2. The number of aromatic nitrogens is 1. The molecule has 2 atom stereocenters. The Morgan fingerprint density at radius 3 is 2.43 bits per heavy atom. The number of pyridine rings is 1. The van der Waals surface area contributed by atoms with Gasteiger partial charge in [0.05, 0.1) is 11.9 Å². The minimum Gasteiger partial charge on any atom is -0.381 e. The first kappa shape index (κ1) is 13.4. The van der Waals surface area contributed by atoms with Gasteiger partial charge >= 0.3 is 0 Å². The van der Waals surface area contributed by atoms with Crippen molar-refractivity contribution in [2.45, 2.75) is 56.7 Å². The zero-order chi connectivity index (χ0) is 14.2. The molecular weight excluding hydrogens is 260 g/mol. The smallest absolute Gasteiger partial charge is 0.128 e. The molecule has 3 fully saturated rings. The molecule has 0 spiro atoms. The summed E-state index contributed by atoms with van der Waals surface area (Å²) < 4.78 is 0. The molecule has 0 aliphatic carbocycles. The Hall–Kier alpha value is -1.29. The van der Waals surface area contributed by atoms with Gasteiger partial charge in [0.25, 0.3) is 0 Å². The molecule has 114 valence electrons. The molecule has 0 aromatic carbocycles. The van der Waals surface area contributed by atoms with Crippen molar-refractivity contribution in [3.8, 4) is 0 Å². The van der Waals surface area contributed by atoms with Crippen LogP contribution in [0.15, 0.2) is 18.3 Å². The molecular formula is C17H26N4. The first-order chi connectivity index (χ1) is 10.3. The second kappa shape index (κ2) is 5.48. The molecule has 0 saturated carbocycles. The zero-order valence-corrected chi connectivity index (χ0v) is 13.0. The van der Waals surface area contributed by atoms with E-state index in [0.717, 1.165) is 31.0 Å². The summed E-state index contributed by atoms with van der Waals surface area (Å²) in [5, 5.41) is 3.71. The Morgan fingerprint density at radius 2 is 1.81 bits per heavy atom. The van der Waals surface area contributed by atoms with E-state index in [1.165, 1.54) is 44.2 Å². The number of piperidine rings is 1. The average Bonchev–Trinajstić information content (AvgIpc) is 3.08. The van der Waals surface area contributed by atoms with Crippen molar-refractivity contribution < 1.29 is 0 Å². The quantitative estimate of drug-likeness (QED) is 0.926. The van der Waals surface area contributed by atoms with Crippen LogP contribution in [-0.4, -0.2) is 48.1 Å².